The van der Waals surface area contributed by atoms with E-state index in [9.17, 15) is 0 Å². The first-order chi connectivity index (χ1) is 9.13. The van der Waals surface area contributed by atoms with Crippen molar-refractivity contribution in [3.63, 3.8) is 0 Å². The van der Waals surface area contributed by atoms with E-state index in [1.54, 1.807) is 6.33 Å². The van der Waals surface area contributed by atoms with Gasteiger partial charge in [-0.1, -0.05) is 0 Å². The van der Waals surface area contributed by atoms with Crippen LogP contribution in [-0.4, -0.2) is 49.2 Å². The number of hydrogen-bond donors (Lipinski definition) is 1. The maximum atomic E-state index is 4.46. The first kappa shape index (κ1) is 14.1. The summed E-state index contributed by atoms with van der Waals surface area (Å²) in [4.78, 5) is 13.4. The molecule has 0 aromatic carbocycles. The smallest absolute Gasteiger partial charge is 0.134 e. The molecule has 19 heavy (non-hydrogen) atoms. The monoisotopic (exact) mass is 263 g/mol. The molecule has 1 atom stereocenters. The maximum Gasteiger partial charge on any atom is 0.134 e. The van der Waals surface area contributed by atoms with Gasteiger partial charge in [-0.25, -0.2) is 9.97 Å². The van der Waals surface area contributed by atoms with Crippen LogP contribution in [0.25, 0.3) is 0 Å². The minimum absolute atomic E-state index is 0.439. The van der Waals surface area contributed by atoms with Crippen molar-refractivity contribution >= 4 is 11.6 Å². The lowest BCUT2D eigenvalue weighted by Gasteiger charge is -2.27. The topological polar surface area (TPSA) is 44.3 Å². The molecule has 1 aliphatic heterocycles. The summed E-state index contributed by atoms with van der Waals surface area (Å²) in [5, 5.41) is 3.27. The highest BCUT2D eigenvalue weighted by atomic mass is 15.3. The van der Waals surface area contributed by atoms with E-state index < -0.39 is 0 Å². The summed E-state index contributed by atoms with van der Waals surface area (Å²) in [6, 6.07) is 3.10. The molecule has 1 unspecified atom stereocenters. The number of nitrogens with one attached hydrogen (secondary N) is 1. The fourth-order valence-corrected chi connectivity index (χ4v) is 2.54. The maximum absolute atomic E-state index is 4.46. The van der Waals surface area contributed by atoms with E-state index in [0.717, 1.165) is 24.7 Å². The molecule has 1 saturated heterocycles. The Morgan fingerprint density at radius 2 is 2.26 bits per heavy atom. The number of hydrogen-bond acceptors (Lipinski definition) is 5. The van der Waals surface area contributed by atoms with Gasteiger partial charge in [0.25, 0.3) is 0 Å². The zero-order chi connectivity index (χ0) is 13.8. The van der Waals surface area contributed by atoms with Gasteiger partial charge in [0.05, 0.1) is 0 Å². The van der Waals surface area contributed by atoms with E-state index in [1.165, 1.54) is 12.8 Å². The average molecular weight is 263 g/mol. The highest BCUT2D eigenvalue weighted by Crippen LogP contribution is 2.25. The minimum Gasteiger partial charge on any atom is -0.357 e. The minimum atomic E-state index is 0.439. The van der Waals surface area contributed by atoms with Gasteiger partial charge in [0, 0.05) is 38.3 Å². The Kier molecular flexibility index (Phi) is 4.58. The van der Waals surface area contributed by atoms with Gasteiger partial charge in [-0.05, 0) is 33.7 Å². The van der Waals surface area contributed by atoms with E-state index in [-0.39, 0.29) is 0 Å². The van der Waals surface area contributed by atoms with E-state index in [0.29, 0.717) is 12.1 Å². The highest BCUT2D eigenvalue weighted by molar-refractivity contribution is 5.51. The number of rotatable bonds is 5. The summed E-state index contributed by atoms with van der Waals surface area (Å²) >= 11 is 0. The van der Waals surface area contributed by atoms with Crippen molar-refractivity contribution < 1.29 is 0 Å². The number of anilines is 2. The molecule has 0 radical (unpaired) electrons. The number of likely N-dealkylation sites (N-methyl/N-ethyl adjacent to an activating group) is 1. The van der Waals surface area contributed by atoms with Crippen molar-refractivity contribution in [1.82, 2.24) is 15.3 Å². The van der Waals surface area contributed by atoms with Crippen LogP contribution in [0.2, 0.25) is 0 Å². The molecule has 1 aliphatic rings. The molecule has 0 saturated carbocycles. The van der Waals surface area contributed by atoms with E-state index in [1.807, 2.05) is 7.05 Å². The summed E-state index contributed by atoms with van der Waals surface area (Å²) in [5.41, 5.74) is 0. The van der Waals surface area contributed by atoms with Crippen LogP contribution in [0.15, 0.2) is 12.4 Å². The fourth-order valence-electron chi connectivity index (χ4n) is 2.54. The van der Waals surface area contributed by atoms with Gasteiger partial charge in [0.15, 0.2) is 0 Å². The second-order valence-corrected chi connectivity index (χ2v) is 5.49. The zero-order valence-corrected chi connectivity index (χ0v) is 12.4. The second-order valence-electron chi connectivity index (χ2n) is 5.49. The van der Waals surface area contributed by atoms with Gasteiger partial charge in [-0.2, -0.15) is 0 Å². The lowest BCUT2D eigenvalue weighted by atomic mass is 10.2. The number of aromatic nitrogens is 2. The molecule has 5 heteroatoms. The summed E-state index contributed by atoms with van der Waals surface area (Å²) < 4.78 is 0. The summed E-state index contributed by atoms with van der Waals surface area (Å²) in [6.45, 7) is 6.44. The second kappa shape index (κ2) is 6.19. The van der Waals surface area contributed by atoms with E-state index in [2.05, 4.69) is 52.0 Å². The van der Waals surface area contributed by atoms with Crippen LogP contribution in [0.4, 0.5) is 11.6 Å². The van der Waals surface area contributed by atoms with Crippen molar-refractivity contribution in [1.29, 1.82) is 0 Å². The third kappa shape index (κ3) is 3.15. The van der Waals surface area contributed by atoms with Crippen LogP contribution in [0.1, 0.15) is 26.7 Å². The van der Waals surface area contributed by atoms with Crippen LogP contribution < -0.4 is 15.1 Å². The molecule has 106 valence electrons. The van der Waals surface area contributed by atoms with Crippen molar-refractivity contribution in [2.24, 2.45) is 0 Å². The molecule has 0 aliphatic carbocycles. The van der Waals surface area contributed by atoms with Crippen LogP contribution >= 0.6 is 0 Å². The van der Waals surface area contributed by atoms with E-state index in [4.69, 9.17) is 0 Å². The van der Waals surface area contributed by atoms with E-state index >= 15 is 0 Å². The van der Waals surface area contributed by atoms with Crippen LogP contribution in [-0.2, 0) is 0 Å². The van der Waals surface area contributed by atoms with Gasteiger partial charge < -0.3 is 15.1 Å². The van der Waals surface area contributed by atoms with Gasteiger partial charge >= 0.3 is 0 Å². The van der Waals surface area contributed by atoms with Gasteiger partial charge in [-0.15, -0.1) is 0 Å². The first-order valence-corrected chi connectivity index (χ1v) is 7.09. The van der Waals surface area contributed by atoms with Crippen molar-refractivity contribution in [2.45, 2.75) is 38.8 Å². The molecule has 1 aromatic heterocycles. The Morgan fingerprint density at radius 3 is 2.95 bits per heavy atom. The van der Waals surface area contributed by atoms with Crippen molar-refractivity contribution in [3.05, 3.63) is 12.4 Å². The SMILES string of the molecule is CNCC1CCCN1c1cc(N(C)C(C)C)ncn1. The largest absolute Gasteiger partial charge is 0.357 e. The Labute approximate surface area is 116 Å². The molecule has 5 nitrogen and oxygen atoms in total. The lowest BCUT2D eigenvalue weighted by molar-refractivity contribution is 0.611. The molecule has 2 rings (SSSR count). The fraction of sp³-hybridized carbons (Fsp3) is 0.714. The van der Waals surface area contributed by atoms with Crippen LogP contribution in [0.3, 0.4) is 0 Å². The van der Waals surface area contributed by atoms with Crippen LogP contribution in [0, 0.1) is 0 Å². The molecule has 0 spiro atoms. The van der Waals surface area contributed by atoms with Gasteiger partial charge in [0.2, 0.25) is 0 Å². The molecule has 1 N–H and O–H groups in total. The molecule has 1 aromatic rings. The Morgan fingerprint density at radius 1 is 1.47 bits per heavy atom. The summed E-state index contributed by atoms with van der Waals surface area (Å²) in [7, 11) is 4.08. The molecule has 2 heterocycles. The van der Waals surface area contributed by atoms with Gasteiger partial charge in [-0.3, -0.25) is 0 Å². The van der Waals surface area contributed by atoms with Crippen molar-refractivity contribution in [3.8, 4) is 0 Å². The molecular weight excluding hydrogens is 238 g/mol. The first-order valence-electron chi connectivity index (χ1n) is 7.09. The van der Waals surface area contributed by atoms with Crippen LogP contribution in [0.5, 0.6) is 0 Å². The highest BCUT2D eigenvalue weighted by Gasteiger charge is 2.25. The third-order valence-corrected chi connectivity index (χ3v) is 3.89. The molecular formula is C14H25N5. The molecule has 0 amide bonds. The normalized spacial score (nSPS) is 19.2. The zero-order valence-electron chi connectivity index (χ0n) is 12.4. The average Bonchev–Trinajstić information content (AvgIpc) is 2.86. The standard InChI is InChI=1S/C14H25N5/c1-11(2)18(4)13-8-14(17-10-16-13)19-7-5-6-12(19)9-15-3/h8,10-12,15H,5-7,9H2,1-4H3. The quantitative estimate of drug-likeness (QED) is 0.872. The predicted molar refractivity (Wildman–Crippen MR) is 79.9 cm³/mol. The summed E-state index contributed by atoms with van der Waals surface area (Å²) in [6.07, 6.45) is 4.16. The Bertz CT molecular complexity index is 407. The predicted octanol–water partition coefficient (Wildman–Crippen LogP) is 1.51. The summed E-state index contributed by atoms with van der Waals surface area (Å²) in [5.74, 6) is 2.05. The lowest BCUT2D eigenvalue weighted by Crippen LogP contribution is -2.37. The van der Waals surface area contributed by atoms with Crippen molar-refractivity contribution in [2.75, 3.05) is 37.0 Å². The Balaban J connectivity index is 2.18. The third-order valence-electron chi connectivity index (χ3n) is 3.89. The Hall–Kier alpha value is -1.36. The molecule has 0 bridgehead atoms. The molecule has 1 fully saturated rings. The van der Waals surface area contributed by atoms with Gasteiger partial charge in [0.1, 0.15) is 18.0 Å². The number of nitrogens with zero attached hydrogens (tertiary/aromatic N) is 4.